The molecule has 3 aromatic rings. The molecule has 0 saturated heterocycles. The number of hydrogen-bond acceptors (Lipinski definition) is 5. The van der Waals surface area contributed by atoms with Crippen LogP contribution in [0.25, 0.3) is 5.78 Å². The first-order valence-corrected chi connectivity index (χ1v) is 7.32. The van der Waals surface area contributed by atoms with Crippen LogP contribution in [-0.2, 0) is 12.8 Å². The molecule has 2 aromatic heterocycles. The van der Waals surface area contributed by atoms with Crippen LogP contribution in [0, 0.1) is 0 Å². The topological polar surface area (TPSA) is 72.2 Å². The van der Waals surface area contributed by atoms with Gasteiger partial charge in [0.15, 0.2) is 5.78 Å². The Morgan fingerprint density at radius 3 is 2.82 bits per heavy atom. The Balaban J connectivity index is 1.77. The molecule has 2 heterocycles. The van der Waals surface area contributed by atoms with E-state index in [1.807, 2.05) is 24.3 Å². The Hall–Kier alpha value is -2.76. The molecule has 1 aliphatic rings. The molecule has 0 fully saturated rings. The maximum absolute atomic E-state index is 11.4. The molecule has 0 bridgehead atoms. The van der Waals surface area contributed by atoms with Gasteiger partial charge in [0, 0.05) is 16.8 Å². The Kier molecular flexibility index (Phi) is 2.89. The molecular weight excluding hydrogens is 278 g/mol. The first-order chi connectivity index (χ1) is 10.7. The molecule has 0 aliphatic heterocycles. The molecule has 22 heavy (non-hydrogen) atoms. The molecule has 0 saturated carbocycles. The first kappa shape index (κ1) is 12.9. The van der Waals surface area contributed by atoms with E-state index in [9.17, 15) is 4.79 Å². The zero-order chi connectivity index (χ0) is 15.1. The number of ketones is 1. The maximum atomic E-state index is 11.4. The number of aromatic nitrogens is 4. The number of carbonyl (C=O) groups is 1. The van der Waals surface area contributed by atoms with E-state index in [1.54, 1.807) is 11.4 Å². The van der Waals surface area contributed by atoms with E-state index in [-0.39, 0.29) is 5.78 Å². The standard InChI is InChI=1S/C16H15N5O/c1-10(22)11-5-7-12(8-6-11)19-15-13-3-2-4-14(13)20-16-17-9-18-21(15)16/h5-9,19H,2-4H2,1H3. The van der Waals surface area contributed by atoms with Gasteiger partial charge in [-0.3, -0.25) is 4.79 Å². The van der Waals surface area contributed by atoms with Crippen LogP contribution in [0.3, 0.4) is 0 Å². The van der Waals surface area contributed by atoms with E-state index >= 15 is 0 Å². The average Bonchev–Trinajstić information content (AvgIpc) is 3.16. The highest BCUT2D eigenvalue weighted by molar-refractivity contribution is 5.94. The van der Waals surface area contributed by atoms with Crippen LogP contribution >= 0.6 is 0 Å². The van der Waals surface area contributed by atoms with Gasteiger partial charge in [-0.2, -0.15) is 14.6 Å². The molecule has 0 radical (unpaired) electrons. The normalized spacial score (nSPS) is 13.3. The van der Waals surface area contributed by atoms with E-state index in [4.69, 9.17) is 0 Å². The summed E-state index contributed by atoms with van der Waals surface area (Å²) in [7, 11) is 0. The minimum Gasteiger partial charge on any atom is -0.340 e. The van der Waals surface area contributed by atoms with Crippen molar-refractivity contribution in [1.29, 1.82) is 0 Å². The van der Waals surface area contributed by atoms with Crippen LogP contribution < -0.4 is 5.32 Å². The summed E-state index contributed by atoms with van der Waals surface area (Å²) < 4.78 is 1.74. The van der Waals surface area contributed by atoms with Crippen molar-refractivity contribution in [1.82, 2.24) is 19.6 Å². The fourth-order valence-corrected chi connectivity index (χ4v) is 2.88. The highest BCUT2D eigenvalue weighted by Gasteiger charge is 2.21. The van der Waals surface area contributed by atoms with Crippen molar-refractivity contribution < 1.29 is 4.79 Å². The molecule has 0 spiro atoms. The number of nitrogens with zero attached hydrogens (tertiary/aromatic N) is 4. The SMILES string of the molecule is CC(=O)c1ccc(Nc2c3c(nc4ncnn24)CCC3)cc1. The third kappa shape index (κ3) is 2.04. The predicted molar refractivity (Wildman–Crippen MR) is 82.5 cm³/mol. The maximum Gasteiger partial charge on any atom is 0.254 e. The summed E-state index contributed by atoms with van der Waals surface area (Å²) in [5.41, 5.74) is 3.93. The summed E-state index contributed by atoms with van der Waals surface area (Å²) in [6.45, 7) is 1.57. The molecule has 1 N–H and O–H groups in total. The third-order valence-corrected chi connectivity index (χ3v) is 4.01. The number of Topliss-reactive ketones (excluding diaryl/α,β-unsaturated/α-hetero) is 1. The zero-order valence-corrected chi connectivity index (χ0v) is 12.2. The van der Waals surface area contributed by atoms with Crippen molar-refractivity contribution in [3.63, 3.8) is 0 Å². The number of rotatable bonds is 3. The zero-order valence-electron chi connectivity index (χ0n) is 12.2. The van der Waals surface area contributed by atoms with E-state index in [1.165, 1.54) is 11.9 Å². The average molecular weight is 293 g/mol. The minimum atomic E-state index is 0.0648. The molecule has 4 rings (SSSR count). The Morgan fingerprint density at radius 2 is 2.05 bits per heavy atom. The van der Waals surface area contributed by atoms with Crippen LogP contribution in [0.1, 0.15) is 35.0 Å². The van der Waals surface area contributed by atoms with Crippen molar-refractivity contribution in [3.05, 3.63) is 47.4 Å². The van der Waals surface area contributed by atoms with E-state index < -0.39 is 0 Å². The number of aryl methyl sites for hydroxylation is 1. The molecule has 0 amide bonds. The van der Waals surface area contributed by atoms with Crippen molar-refractivity contribution in [2.75, 3.05) is 5.32 Å². The van der Waals surface area contributed by atoms with E-state index in [2.05, 4.69) is 20.4 Å². The number of hydrogen-bond donors (Lipinski definition) is 1. The second kappa shape index (κ2) is 4.91. The second-order valence-electron chi connectivity index (χ2n) is 5.47. The summed E-state index contributed by atoms with van der Waals surface area (Å²) >= 11 is 0. The molecule has 6 heteroatoms. The van der Waals surface area contributed by atoms with Gasteiger partial charge in [-0.05, 0) is 50.5 Å². The van der Waals surface area contributed by atoms with Gasteiger partial charge in [-0.25, -0.2) is 4.98 Å². The third-order valence-electron chi connectivity index (χ3n) is 4.01. The lowest BCUT2D eigenvalue weighted by Gasteiger charge is -2.12. The summed E-state index contributed by atoms with van der Waals surface area (Å²) in [5.74, 6) is 1.60. The Bertz CT molecular complexity index is 866. The van der Waals surface area contributed by atoms with E-state index in [0.717, 1.165) is 36.5 Å². The van der Waals surface area contributed by atoms with Crippen molar-refractivity contribution in [2.24, 2.45) is 0 Å². The Labute approximate surface area is 127 Å². The quantitative estimate of drug-likeness (QED) is 0.751. The molecule has 110 valence electrons. The van der Waals surface area contributed by atoms with Crippen LogP contribution in [-0.4, -0.2) is 25.4 Å². The van der Waals surface area contributed by atoms with Crippen molar-refractivity contribution >= 4 is 23.1 Å². The molecule has 0 unspecified atom stereocenters. The van der Waals surface area contributed by atoms with Gasteiger partial charge in [0.05, 0.1) is 5.69 Å². The van der Waals surface area contributed by atoms with Crippen molar-refractivity contribution in [2.45, 2.75) is 26.2 Å². The van der Waals surface area contributed by atoms with Gasteiger partial charge in [-0.1, -0.05) is 0 Å². The number of benzene rings is 1. The summed E-state index contributed by atoms with van der Waals surface area (Å²) in [6.07, 6.45) is 4.59. The highest BCUT2D eigenvalue weighted by atomic mass is 16.1. The van der Waals surface area contributed by atoms with Gasteiger partial charge in [0.1, 0.15) is 12.1 Å². The van der Waals surface area contributed by atoms with Gasteiger partial charge in [0.25, 0.3) is 5.78 Å². The summed E-state index contributed by atoms with van der Waals surface area (Å²) in [5, 5.41) is 7.67. The summed E-state index contributed by atoms with van der Waals surface area (Å²) in [6, 6.07) is 7.46. The van der Waals surface area contributed by atoms with E-state index in [0.29, 0.717) is 11.3 Å². The van der Waals surface area contributed by atoms with Gasteiger partial charge < -0.3 is 5.32 Å². The number of fused-ring (bicyclic) bond motifs is 2. The fraction of sp³-hybridized carbons (Fsp3) is 0.250. The van der Waals surface area contributed by atoms with Crippen LogP contribution in [0.4, 0.5) is 11.5 Å². The number of nitrogens with one attached hydrogen (secondary N) is 1. The minimum absolute atomic E-state index is 0.0648. The number of anilines is 2. The lowest BCUT2D eigenvalue weighted by Crippen LogP contribution is -2.07. The second-order valence-corrected chi connectivity index (χ2v) is 5.47. The van der Waals surface area contributed by atoms with Crippen LogP contribution in [0.5, 0.6) is 0 Å². The monoisotopic (exact) mass is 293 g/mol. The molecule has 1 aliphatic carbocycles. The largest absolute Gasteiger partial charge is 0.340 e. The van der Waals surface area contributed by atoms with Crippen LogP contribution in [0.15, 0.2) is 30.6 Å². The predicted octanol–water partition coefficient (Wildman–Crippen LogP) is 2.56. The van der Waals surface area contributed by atoms with Gasteiger partial charge in [0.2, 0.25) is 0 Å². The molecule has 0 atom stereocenters. The molecular formula is C16H15N5O. The van der Waals surface area contributed by atoms with Crippen molar-refractivity contribution in [3.8, 4) is 0 Å². The number of carbonyl (C=O) groups excluding carboxylic acids is 1. The summed E-state index contributed by atoms with van der Waals surface area (Å²) in [4.78, 5) is 20.1. The van der Waals surface area contributed by atoms with Gasteiger partial charge in [-0.15, -0.1) is 0 Å². The molecule has 6 nitrogen and oxygen atoms in total. The lowest BCUT2D eigenvalue weighted by atomic mass is 10.1. The Morgan fingerprint density at radius 1 is 1.23 bits per heavy atom. The fourth-order valence-electron chi connectivity index (χ4n) is 2.88. The first-order valence-electron chi connectivity index (χ1n) is 7.32. The smallest absolute Gasteiger partial charge is 0.254 e. The van der Waals surface area contributed by atoms with Crippen LogP contribution in [0.2, 0.25) is 0 Å². The van der Waals surface area contributed by atoms with Gasteiger partial charge >= 0.3 is 0 Å². The molecule has 1 aromatic carbocycles. The highest BCUT2D eigenvalue weighted by Crippen LogP contribution is 2.30. The lowest BCUT2D eigenvalue weighted by molar-refractivity contribution is 0.101.